The molecule has 20 heavy (non-hydrogen) atoms. The third kappa shape index (κ3) is 1.85. The van der Waals surface area contributed by atoms with E-state index >= 15 is 0 Å². The Bertz CT molecular complexity index is 638. The highest BCUT2D eigenvalue weighted by Gasteiger charge is 2.45. The van der Waals surface area contributed by atoms with E-state index in [1.54, 1.807) is 0 Å². The van der Waals surface area contributed by atoms with Crippen LogP contribution in [0.4, 0.5) is 0 Å². The number of hydrogen-bond donors (Lipinski definition) is 0. The van der Waals surface area contributed by atoms with Crippen LogP contribution < -0.4 is 0 Å². The molecule has 0 saturated heterocycles. The van der Waals surface area contributed by atoms with E-state index in [1.165, 1.54) is 16.7 Å². The first-order chi connectivity index (χ1) is 9.81. The number of ether oxygens (including phenoxy) is 1. The maximum Gasteiger partial charge on any atom is 0.120 e. The Morgan fingerprint density at radius 3 is 2.55 bits per heavy atom. The summed E-state index contributed by atoms with van der Waals surface area (Å²) in [5.41, 5.74) is 3.24. The van der Waals surface area contributed by atoms with Crippen LogP contribution in [0.2, 0.25) is 0 Å². The van der Waals surface area contributed by atoms with E-state index < -0.39 is 5.60 Å². The van der Waals surface area contributed by atoms with Gasteiger partial charge < -0.3 is 4.74 Å². The lowest BCUT2D eigenvalue weighted by atomic mass is 9.87. The summed E-state index contributed by atoms with van der Waals surface area (Å²) in [5, 5.41) is 0. The van der Waals surface area contributed by atoms with Gasteiger partial charge in [-0.1, -0.05) is 60.5 Å². The molecular formula is C19H18O. The highest BCUT2D eigenvalue weighted by Crippen LogP contribution is 2.50. The zero-order chi connectivity index (χ0) is 14.0. The largest absolute Gasteiger partial charge is 0.366 e. The van der Waals surface area contributed by atoms with Crippen molar-refractivity contribution in [3.05, 3.63) is 71.3 Å². The van der Waals surface area contributed by atoms with Crippen molar-refractivity contribution in [1.29, 1.82) is 0 Å². The minimum absolute atomic E-state index is 0.123. The van der Waals surface area contributed by atoms with Crippen molar-refractivity contribution in [3.63, 3.8) is 0 Å². The molecule has 0 N–H and O–H groups in total. The Balaban J connectivity index is 2.21. The van der Waals surface area contributed by atoms with Gasteiger partial charge in [-0.15, -0.1) is 6.42 Å². The molecule has 0 aromatic heterocycles. The lowest BCUT2D eigenvalue weighted by molar-refractivity contribution is -0.0109. The summed E-state index contributed by atoms with van der Waals surface area (Å²) in [6, 6.07) is 18.8. The van der Waals surface area contributed by atoms with Crippen LogP contribution in [0.3, 0.4) is 0 Å². The first-order valence-corrected chi connectivity index (χ1v) is 7.07. The molecule has 1 aliphatic rings. The van der Waals surface area contributed by atoms with Crippen LogP contribution >= 0.6 is 0 Å². The van der Waals surface area contributed by atoms with Crippen molar-refractivity contribution in [2.24, 2.45) is 0 Å². The standard InChI is InChI=1S/C19H18O/c1-3-15-14-19(20-4-2,16-10-6-5-7-11-16)18-13-9-8-12-17(15)18/h1,5-13,15H,4,14H2,2H3/t15-,19+/m1/s1. The SMILES string of the molecule is C#C[C@@H]1C[C@](OCC)(c2ccccc2)c2ccccc21. The number of fused-ring (bicyclic) bond motifs is 1. The third-order valence-corrected chi connectivity index (χ3v) is 4.09. The van der Waals surface area contributed by atoms with Crippen molar-refractivity contribution in [1.82, 2.24) is 0 Å². The van der Waals surface area contributed by atoms with Gasteiger partial charge in [0.2, 0.25) is 0 Å². The molecule has 1 aliphatic carbocycles. The van der Waals surface area contributed by atoms with Gasteiger partial charge in [0.1, 0.15) is 5.60 Å². The van der Waals surface area contributed by atoms with Crippen molar-refractivity contribution >= 4 is 0 Å². The number of rotatable bonds is 3. The molecule has 2 aromatic rings. The summed E-state index contributed by atoms with van der Waals surface area (Å²) in [6.07, 6.45) is 6.56. The van der Waals surface area contributed by atoms with Crippen LogP contribution in [0.15, 0.2) is 54.6 Å². The molecule has 0 fully saturated rings. The molecule has 0 bridgehead atoms. The van der Waals surface area contributed by atoms with E-state index in [2.05, 4.69) is 54.5 Å². The van der Waals surface area contributed by atoms with Gasteiger partial charge in [0.05, 0.1) is 0 Å². The lowest BCUT2D eigenvalue weighted by Gasteiger charge is -2.31. The summed E-state index contributed by atoms with van der Waals surface area (Å²) in [6.45, 7) is 2.71. The van der Waals surface area contributed by atoms with Crippen molar-refractivity contribution in [3.8, 4) is 12.3 Å². The van der Waals surface area contributed by atoms with Gasteiger partial charge >= 0.3 is 0 Å². The molecular weight excluding hydrogens is 244 g/mol. The first kappa shape index (κ1) is 13.0. The highest BCUT2D eigenvalue weighted by atomic mass is 16.5. The van der Waals surface area contributed by atoms with Gasteiger partial charge in [0, 0.05) is 18.9 Å². The molecule has 0 amide bonds. The molecule has 0 aliphatic heterocycles. The lowest BCUT2D eigenvalue weighted by Crippen LogP contribution is -2.28. The van der Waals surface area contributed by atoms with E-state index in [4.69, 9.17) is 11.2 Å². The number of terminal acetylenes is 1. The van der Waals surface area contributed by atoms with Crippen LogP contribution in [0.25, 0.3) is 0 Å². The van der Waals surface area contributed by atoms with Gasteiger partial charge in [0.15, 0.2) is 0 Å². The number of hydrogen-bond acceptors (Lipinski definition) is 1. The van der Waals surface area contributed by atoms with E-state index in [0.717, 1.165) is 6.42 Å². The molecule has 0 saturated carbocycles. The quantitative estimate of drug-likeness (QED) is 0.757. The predicted molar refractivity (Wildman–Crippen MR) is 81.5 cm³/mol. The fraction of sp³-hybridized carbons (Fsp3) is 0.263. The summed E-state index contributed by atoms with van der Waals surface area (Å²) in [4.78, 5) is 0. The molecule has 0 unspecified atom stereocenters. The fourth-order valence-corrected chi connectivity index (χ4v) is 3.27. The predicted octanol–water partition coefficient (Wildman–Crippen LogP) is 4.09. The normalized spacial score (nSPS) is 24.1. The average Bonchev–Trinajstić information content (AvgIpc) is 2.84. The maximum absolute atomic E-state index is 6.24. The van der Waals surface area contributed by atoms with Crippen LogP contribution in [-0.4, -0.2) is 6.61 Å². The molecule has 1 nitrogen and oxygen atoms in total. The second kappa shape index (κ2) is 5.15. The Morgan fingerprint density at radius 1 is 1.15 bits per heavy atom. The van der Waals surface area contributed by atoms with Gasteiger partial charge in [-0.25, -0.2) is 0 Å². The zero-order valence-electron chi connectivity index (χ0n) is 11.7. The van der Waals surface area contributed by atoms with Crippen LogP contribution in [0, 0.1) is 12.3 Å². The van der Waals surface area contributed by atoms with Gasteiger partial charge in [-0.2, -0.15) is 0 Å². The van der Waals surface area contributed by atoms with E-state index in [-0.39, 0.29) is 5.92 Å². The number of benzene rings is 2. The Hall–Kier alpha value is -2.04. The maximum atomic E-state index is 6.24. The molecule has 2 aromatic carbocycles. The monoisotopic (exact) mass is 262 g/mol. The van der Waals surface area contributed by atoms with Crippen LogP contribution in [0.1, 0.15) is 36.0 Å². The first-order valence-electron chi connectivity index (χ1n) is 7.07. The van der Waals surface area contributed by atoms with Crippen molar-refractivity contribution in [2.75, 3.05) is 6.61 Å². The van der Waals surface area contributed by atoms with Gasteiger partial charge in [0.25, 0.3) is 0 Å². The molecule has 2 atom stereocenters. The summed E-state index contributed by atoms with van der Waals surface area (Å²) in [5.74, 6) is 3.05. The topological polar surface area (TPSA) is 9.23 Å². The van der Waals surface area contributed by atoms with E-state index in [0.29, 0.717) is 6.61 Å². The Labute approximate surface area is 120 Å². The smallest absolute Gasteiger partial charge is 0.120 e. The second-order valence-electron chi connectivity index (χ2n) is 5.14. The molecule has 0 spiro atoms. The highest BCUT2D eigenvalue weighted by molar-refractivity contribution is 5.50. The summed E-state index contributed by atoms with van der Waals surface area (Å²) in [7, 11) is 0. The van der Waals surface area contributed by atoms with Gasteiger partial charge in [-0.3, -0.25) is 0 Å². The van der Waals surface area contributed by atoms with Crippen LogP contribution in [-0.2, 0) is 10.3 Å². The molecule has 1 heteroatoms. The van der Waals surface area contributed by atoms with E-state index in [9.17, 15) is 0 Å². The molecule has 0 radical (unpaired) electrons. The van der Waals surface area contributed by atoms with E-state index in [1.807, 2.05) is 13.0 Å². The molecule has 100 valence electrons. The van der Waals surface area contributed by atoms with Crippen molar-refractivity contribution in [2.45, 2.75) is 24.9 Å². The molecule has 0 heterocycles. The van der Waals surface area contributed by atoms with Gasteiger partial charge in [-0.05, 0) is 23.6 Å². The Kier molecular flexibility index (Phi) is 3.34. The second-order valence-corrected chi connectivity index (χ2v) is 5.14. The summed E-state index contributed by atoms with van der Waals surface area (Å²) < 4.78 is 6.24. The third-order valence-electron chi connectivity index (χ3n) is 4.09. The minimum Gasteiger partial charge on any atom is -0.366 e. The fourth-order valence-electron chi connectivity index (χ4n) is 3.27. The minimum atomic E-state index is -0.399. The summed E-state index contributed by atoms with van der Waals surface area (Å²) >= 11 is 0. The Morgan fingerprint density at radius 2 is 1.85 bits per heavy atom. The average molecular weight is 262 g/mol. The molecule has 3 rings (SSSR count). The zero-order valence-corrected chi connectivity index (χ0v) is 11.7. The van der Waals surface area contributed by atoms with Crippen molar-refractivity contribution < 1.29 is 4.74 Å². The van der Waals surface area contributed by atoms with Crippen LogP contribution in [0.5, 0.6) is 0 Å².